The number of carbonyl (C=O) groups is 2. The fraction of sp³-hybridized carbons (Fsp3) is 0.231. The number of rotatable bonds is 3. The van der Waals surface area contributed by atoms with Crippen LogP contribution in [0, 0.1) is 6.92 Å². The Morgan fingerprint density at radius 2 is 1.82 bits per heavy atom. The topological polar surface area (TPSA) is 63.4 Å². The molecule has 4 heteroatoms. The molecule has 2 N–H and O–H groups in total. The molecule has 0 fully saturated rings. The fourth-order valence-corrected chi connectivity index (χ4v) is 1.79. The van der Waals surface area contributed by atoms with Gasteiger partial charge in [-0.3, -0.25) is 14.5 Å². The average molecular weight is 230 g/mol. The van der Waals surface area contributed by atoms with Gasteiger partial charge in [0.25, 0.3) is 11.8 Å². The number of hydrogen-bond acceptors (Lipinski definition) is 3. The summed E-state index contributed by atoms with van der Waals surface area (Å²) < 4.78 is 0. The Bertz CT molecular complexity index is 489. The van der Waals surface area contributed by atoms with Crippen LogP contribution in [0.25, 0.3) is 5.57 Å². The number of nitrogens with two attached hydrogens (primary N) is 1. The van der Waals surface area contributed by atoms with Gasteiger partial charge in [0, 0.05) is 19.2 Å². The lowest BCUT2D eigenvalue weighted by atomic mass is 10.0. The molecule has 2 amide bonds. The summed E-state index contributed by atoms with van der Waals surface area (Å²) >= 11 is 0. The van der Waals surface area contributed by atoms with Crippen LogP contribution in [-0.2, 0) is 9.59 Å². The zero-order valence-electron chi connectivity index (χ0n) is 9.64. The fourth-order valence-electron chi connectivity index (χ4n) is 1.79. The molecule has 88 valence electrons. The summed E-state index contributed by atoms with van der Waals surface area (Å²) in [6, 6.07) is 7.52. The van der Waals surface area contributed by atoms with E-state index in [9.17, 15) is 9.59 Å². The van der Waals surface area contributed by atoms with E-state index in [1.165, 1.54) is 11.0 Å². The zero-order chi connectivity index (χ0) is 12.4. The maximum absolute atomic E-state index is 12.0. The molecule has 0 spiro atoms. The predicted octanol–water partition coefficient (Wildman–Crippen LogP) is 0.706. The molecule has 17 heavy (non-hydrogen) atoms. The smallest absolute Gasteiger partial charge is 0.261 e. The first-order valence-electron chi connectivity index (χ1n) is 5.48. The average Bonchev–Trinajstić information content (AvgIpc) is 2.59. The van der Waals surface area contributed by atoms with Crippen molar-refractivity contribution in [3.05, 3.63) is 41.5 Å². The van der Waals surface area contributed by atoms with Crippen LogP contribution in [0.15, 0.2) is 30.3 Å². The molecule has 1 aromatic carbocycles. The van der Waals surface area contributed by atoms with E-state index >= 15 is 0 Å². The van der Waals surface area contributed by atoms with E-state index in [2.05, 4.69) is 0 Å². The highest BCUT2D eigenvalue weighted by molar-refractivity contribution is 6.33. The van der Waals surface area contributed by atoms with Crippen LogP contribution in [0.3, 0.4) is 0 Å². The van der Waals surface area contributed by atoms with Gasteiger partial charge in [-0.1, -0.05) is 29.8 Å². The highest BCUT2D eigenvalue weighted by Gasteiger charge is 2.30. The van der Waals surface area contributed by atoms with E-state index in [0.29, 0.717) is 5.57 Å². The molecule has 1 aromatic rings. The first kappa shape index (κ1) is 11.5. The van der Waals surface area contributed by atoms with Crippen LogP contribution >= 0.6 is 0 Å². The molecule has 1 aliphatic rings. The Morgan fingerprint density at radius 1 is 1.18 bits per heavy atom. The molecule has 4 nitrogen and oxygen atoms in total. The molecule has 0 aromatic heterocycles. The van der Waals surface area contributed by atoms with E-state index in [4.69, 9.17) is 5.73 Å². The number of aryl methyl sites for hydroxylation is 1. The van der Waals surface area contributed by atoms with E-state index in [-0.39, 0.29) is 24.9 Å². The maximum atomic E-state index is 12.0. The SMILES string of the molecule is Cc1ccc(C2=CC(=O)N(CCN)C2=O)cc1. The van der Waals surface area contributed by atoms with E-state index in [1.54, 1.807) is 0 Å². The molecule has 0 bridgehead atoms. The molecule has 0 unspecified atom stereocenters. The summed E-state index contributed by atoms with van der Waals surface area (Å²) in [5.74, 6) is -0.541. The number of imide groups is 1. The lowest BCUT2D eigenvalue weighted by Crippen LogP contribution is -2.35. The molecular weight excluding hydrogens is 216 g/mol. The Kier molecular flexibility index (Phi) is 3.06. The number of carbonyl (C=O) groups excluding carboxylic acids is 2. The van der Waals surface area contributed by atoms with Gasteiger partial charge in [-0.2, -0.15) is 0 Å². The summed E-state index contributed by atoms with van der Waals surface area (Å²) in [5.41, 5.74) is 7.70. The van der Waals surface area contributed by atoms with E-state index in [1.807, 2.05) is 31.2 Å². The molecule has 0 radical (unpaired) electrons. The van der Waals surface area contributed by atoms with Crippen LogP contribution in [-0.4, -0.2) is 29.8 Å². The first-order chi connectivity index (χ1) is 8.13. The summed E-state index contributed by atoms with van der Waals surface area (Å²) in [6.07, 6.45) is 1.38. The van der Waals surface area contributed by atoms with Gasteiger partial charge in [-0.05, 0) is 12.5 Å². The van der Waals surface area contributed by atoms with Gasteiger partial charge in [-0.25, -0.2) is 0 Å². The van der Waals surface area contributed by atoms with Crippen molar-refractivity contribution in [2.75, 3.05) is 13.1 Å². The highest BCUT2D eigenvalue weighted by Crippen LogP contribution is 2.23. The Balaban J connectivity index is 2.29. The van der Waals surface area contributed by atoms with Gasteiger partial charge in [0.1, 0.15) is 0 Å². The lowest BCUT2D eigenvalue weighted by Gasteiger charge is -2.13. The molecule has 0 saturated carbocycles. The highest BCUT2D eigenvalue weighted by atomic mass is 16.2. The van der Waals surface area contributed by atoms with Crippen molar-refractivity contribution in [1.29, 1.82) is 0 Å². The number of amides is 2. The van der Waals surface area contributed by atoms with E-state index in [0.717, 1.165) is 11.1 Å². The van der Waals surface area contributed by atoms with Crippen molar-refractivity contribution in [2.45, 2.75) is 6.92 Å². The normalized spacial score (nSPS) is 15.4. The molecule has 2 rings (SSSR count). The van der Waals surface area contributed by atoms with Crippen LogP contribution in [0.5, 0.6) is 0 Å². The van der Waals surface area contributed by atoms with Crippen molar-refractivity contribution in [2.24, 2.45) is 5.73 Å². The van der Waals surface area contributed by atoms with Gasteiger partial charge in [0.15, 0.2) is 0 Å². The second-order valence-corrected chi connectivity index (χ2v) is 4.01. The second kappa shape index (κ2) is 4.51. The van der Waals surface area contributed by atoms with Crippen molar-refractivity contribution in [1.82, 2.24) is 4.90 Å². The third kappa shape index (κ3) is 2.12. The molecular formula is C13H14N2O2. The minimum Gasteiger partial charge on any atom is -0.329 e. The molecule has 0 saturated heterocycles. The largest absolute Gasteiger partial charge is 0.329 e. The predicted molar refractivity (Wildman–Crippen MR) is 64.9 cm³/mol. The van der Waals surface area contributed by atoms with Crippen molar-refractivity contribution in [3.8, 4) is 0 Å². The number of hydrogen-bond donors (Lipinski definition) is 1. The Hall–Kier alpha value is -1.94. The van der Waals surface area contributed by atoms with Gasteiger partial charge in [0.05, 0.1) is 5.57 Å². The third-order valence-electron chi connectivity index (χ3n) is 2.72. The van der Waals surface area contributed by atoms with Crippen LogP contribution < -0.4 is 5.73 Å². The summed E-state index contributed by atoms with van der Waals surface area (Å²) in [5, 5.41) is 0. The number of nitrogens with zero attached hydrogens (tertiary/aromatic N) is 1. The molecule has 1 heterocycles. The summed E-state index contributed by atoms with van der Waals surface area (Å²) in [7, 11) is 0. The number of benzene rings is 1. The van der Waals surface area contributed by atoms with Crippen molar-refractivity contribution >= 4 is 17.4 Å². The van der Waals surface area contributed by atoms with Crippen molar-refractivity contribution < 1.29 is 9.59 Å². The standard InChI is InChI=1S/C13H14N2O2/c1-9-2-4-10(5-3-9)11-8-12(16)15(7-6-14)13(11)17/h2-5,8H,6-7,14H2,1H3. The van der Waals surface area contributed by atoms with Gasteiger partial charge < -0.3 is 5.73 Å². The van der Waals surface area contributed by atoms with Gasteiger partial charge in [-0.15, -0.1) is 0 Å². The van der Waals surface area contributed by atoms with E-state index < -0.39 is 0 Å². The second-order valence-electron chi connectivity index (χ2n) is 4.01. The lowest BCUT2D eigenvalue weighted by molar-refractivity contribution is -0.136. The Morgan fingerprint density at radius 3 is 2.41 bits per heavy atom. The van der Waals surface area contributed by atoms with Gasteiger partial charge >= 0.3 is 0 Å². The molecule has 1 aliphatic heterocycles. The zero-order valence-corrected chi connectivity index (χ0v) is 9.64. The Labute approximate surface area is 99.7 Å². The summed E-state index contributed by atoms with van der Waals surface area (Å²) in [4.78, 5) is 24.7. The minimum atomic E-state index is -0.281. The third-order valence-corrected chi connectivity index (χ3v) is 2.72. The first-order valence-corrected chi connectivity index (χ1v) is 5.48. The molecule has 0 atom stereocenters. The van der Waals surface area contributed by atoms with Crippen LogP contribution in [0.4, 0.5) is 0 Å². The van der Waals surface area contributed by atoms with Crippen LogP contribution in [0.2, 0.25) is 0 Å². The maximum Gasteiger partial charge on any atom is 0.261 e. The molecule has 0 aliphatic carbocycles. The van der Waals surface area contributed by atoms with Gasteiger partial charge in [0.2, 0.25) is 0 Å². The summed E-state index contributed by atoms with van der Waals surface area (Å²) in [6.45, 7) is 2.52. The quantitative estimate of drug-likeness (QED) is 0.778. The monoisotopic (exact) mass is 230 g/mol. The van der Waals surface area contributed by atoms with Crippen molar-refractivity contribution in [3.63, 3.8) is 0 Å². The van der Waals surface area contributed by atoms with Crippen LogP contribution in [0.1, 0.15) is 11.1 Å². The minimum absolute atomic E-state index is 0.260.